The highest BCUT2D eigenvalue weighted by Crippen LogP contribution is 2.32. The van der Waals surface area contributed by atoms with Crippen LogP contribution >= 0.6 is 0 Å². The average molecular weight is 351 g/mol. The fraction of sp³-hybridized carbons (Fsp3) is 0.0526. The van der Waals surface area contributed by atoms with Gasteiger partial charge in [-0.3, -0.25) is 0 Å². The number of para-hydroxylation sites is 2. The summed E-state index contributed by atoms with van der Waals surface area (Å²) in [6.07, 6.45) is 1.44. The third kappa shape index (κ3) is 3.08. The summed E-state index contributed by atoms with van der Waals surface area (Å²) in [6.45, 7) is 0. The number of halogens is 1. The maximum Gasteiger partial charge on any atom is 0.357 e. The number of nitrogen functional groups attached to an aromatic ring is 1. The van der Waals surface area contributed by atoms with E-state index in [2.05, 4.69) is 0 Å². The monoisotopic (exact) mass is 351 g/mol. The van der Waals surface area contributed by atoms with Gasteiger partial charge in [0.2, 0.25) is 0 Å². The molecule has 3 aromatic rings. The Bertz CT molecular complexity index is 1000. The van der Waals surface area contributed by atoms with Gasteiger partial charge in [-0.1, -0.05) is 12.1 Å². The minimum atomic E-state index is -0.680. The lowest BCUT2D eigenvalue weighted by Gasteiger charge is -2.14. The van der Waals surface area contributed by atoms with Gasteiger partial charge in [-0.05, 0) is 36.4 Å². The van der Waals surface area contributed by atoms with E-state index in [1.165, 1.54) is 42.1 Å². The minimum absolute atomic E-state index is 0.0240. The molecule has 1 heterocycles. The lowest BCUT2D eigenvalue weighted by Crippen LogP contribution is -2.11. The number of hydrogen-bond acceptors (Lipinski definition) is 5. The van der Waals surface area contributed by atoms with Crippen molar-refractivity contribution in [3.05, 3.63) is 71.8 Å². The van der Waals surface area contributed by atoms with Crippen molar-refractivity contribution >= 4 is 11.7 Å². The first kappa shape index (κ1) is 17.0. The van der Waals surface area contributed by atoms with E-state index in [1.807, 2.05) is 6.07 Å². The maximum absolute atomic E-state index is 13.1. The van der Waals surface area contributed by atoms with Crippen LogP contribution in [0.2, 0.25) is 0 Å². The molecule has 1 aromatic heterocycles. The topological polar surface area (TPSA) is 90.3 Å². The molecule has 7 heteroatoms. The number of hydrogen-bond donors (Lipinski definition) is 1. The van der Waals surface area contributed by atoms with Crippen LogP contribution in [0.5, 0.6) is 11.5 Å². The van der Waals surface area contributed by atoms with Gasteiger partial charge in [-0.2, -0.15) is 5.26 Å². The predicted octanol–water partition coefficient (Wildman–Crippen LogP) is 3.65. The van der Waals surface area contributed by atoms with E-state index in [4.69, 9.17) is 15.2 Å². The molecule has 0 saturated heterocycles. The fourth-order valence-electron chi connectivity index (χ4n) is 2.48. The Hall–Kier alpha value is -3.79. The van der Waals surface area contributed by atoms with E-state index in [1.54, 1.807) is 24.3 Å². The summed E-state index contributed by atoms with van der Waals surface area (Å²) in [6, 6.07) is 14.3. The number of nitriles is 1. The highest BCUT2D eigenvalue weighted by molar-refractivity contribution is 5.96. The van der Waals surface area contributed by atoms with E-state index < -0.39 is 5.97 Å². The molecule has 0 aliphatic carbocycles. The molecule has 0 spiro atoms. The Morgan fingerprint density at radius 1 is 1.19 bits per heavy atom. The molecular formula is C19H14FN3O3. The molecule has 0 unspecified atom stereocenters. The third-order valence-electron chi connectivity index (χ3n) is 3.71. The van der Waals surface area contributed by atoms with Crippen molar-refractivity contribution in [1.82, 2.24) is 4.57 Å². The van der Waals surface area contributed by atoms with Gasteiger partial charge in [0, 0.05) is 6.20 Å². The van der Waals surface area contributed by atoms with Crippen LogP contribution in [0.4, 0.5) is 10.1 Å². The fourth-order valence-corrected chi connectivity index (χ4v) is 2.48. The maximum atomic E-state index is 13.1. The summed E-state index contributed by atoms with van der Waals surface area (Å²) < 4.78 is 25.1. The van der Waals surface area contributed by atoms with Gasteiger partial charge in [-0.15, -0.1) is 0 Å². The first-order valence-electron chi connectivity index (χ1n) is 7.57. The van der Waals surface area contributed by atoms with Crippen molar-refractivity contribution < 1.29 is 18.7 Å². The van der Waals surface area contributed by atoms with Gasteiger partial charge in [0.1, 0.15) is 17.6 Å². The molecule has 0 atom stereocenters. The second-order valence-corrected chi connectivity index (χ2v) is 5.30. The highest BCUT2D eigenvalue weighted by Gasteiger charge is 2.23. The van der Waals surface area contributed by atoms with Crippen LogP contribution in [-0.4, -0.2) is 17.6 Å². The molecule has 0 bridgehead atoms. The average Bonchev–Trinajstić information content (AvgIpc) is 2.99. The quantitative estimate of drug-likeness (QED) is 0.725. The van der Waals surface area contributed by atoms with E-state index >= 15 is 0 Å². The molecule has 26 heavy (non-hydrogen) atoms. The van der Waals surface area contributed by atoms with E-state index in [0.29, 0.717) is 17.2 Å². The lowest BCUT2D eigenvalue weighted by molar-refractivity contribution is 0.0593. The first-order chi connectivity index (χ1) is 12.5. The molecule has 130 valence electrons. The zero-order chi connectivity index (χ0) is 18.7. The number of nitrogens with two attached hydrogens (primary N) is 1. The largest absolute Gasteiger partial charge is 0.464 e. The molecule has 0 aliphatic heterocycles. The number of methoxy groups -OCH3 is 1. The summed E-state index contributed by atoms with van der Waals surface area (Å²) in [5.41, 5.74) is 6.59. The summed E-state index contributed by atoms with van der Waals surface area (Å²) >= 11 is 0. The van der Waals surface area contributed by atoms with Crippen LogP contribution < -0.4 is 10.5 Å². The second-order valence-electron chi connectivity index (χ2n) is 5.30. The summed E-state index contributed by atoms with van der Waals surface area (Å²) in [5, 5.41) is 9.23. The van der Waals surface area contributed by atoms with Gasteiger partial charge in [0.05, 0.1) is 24.0 Å². The number of benzene rings is 2. The molecule has 0 fully saturated rings. The normalized spacial score (nSPS) is 10.2. The number of rotatable bonds is 4. The number of aromatic nitrogens is 1. The minimum Gasteiger partial charge on any atom is -0.464 e. The van der Waals surface area contributed by atoms with Crippen molar-refractivity contribution in [2.75, 3.05) is 12.8 Å². The van der Waals surface area contributed by atoms with Crippen molar-refractivity contribution in [2.45, 2.75) is 0 Å². The van der Waals surface area contributed by atoms with Gasteiger partial charge in [0.15, 0.2) is 11.4 Å². The highest BCUT2D eigenvalue weighted by atomic mass is 19.1. The molecular weight excluding hydrogens is 337 g/mol. The van der Waals surface area contributed by atoms with Gasteiger partial charge >= 0.3 is 5.97 Å². The van der Waals surface area contributed by atoms with Crippen molar-refractivity contribution in [1.29, 1.82) is 5.26 Å². The van der Waals surface area contributed by atoms with Crippen LogP contribution in [0.25, 0.3) is 5.69 Å². The number of carbonyl (C=O) groups excluding carboxylic acids is 1. The van der Waals surface area contributed by atoms with Crippen LogP contribution in [0.1, 0.15) is 16.1 Å². The summed E-state index contributed by atoms with van der Waals surface area (Å²) in [5.74, 6) is -0.251. The number of carbonyl (C=O) groups is 1. The summed E-state index contributed by atoms with van der Waals surface area (Å²) in [4.78, 5) is 12.1. The van der Waals surface area contributed by atoms with Crippen molar-refractivity contribution in [3.8, 4) is 23.3 Å². The molecule has 0 aliphatic rings. The van der Waals surface area contributed by atoms with Crippen LogP contribution in [0.3, 0.4) is 0 Å². The molecule has 0 saturated carbocycles. The Balaban J connectivity index is 2.12. The Morgan fingerprint density at radius 2 is 1.88 bits per heavy atom. The lowest BCUT2D eigenvalue weighted by atomic mass is 10.2. The number of nitrogens with zero attached hydrogens (tertiary/aromatic N) is 2. The zero-order valence-corrected chi connectivity index (χ0v) is 13.8. The van der Waals surface area contributed by atoms with Gasteiger partial charge in [0.25, 0.3) is 0 Å². The molecule has 2 N–H and O–H groups in total. The van der Waals surface area contributed by atoms with Gasteiger partial charge in [-0.25, -0.2) is 9.18 Å². The van der Waals surface area contributed by atoms with E-state index in [-0.39, 0.29) is 22.8 Å². The Labute approximate surface area is 148 Å². The standard InChI is InChI=1S/C19H14FN3O3/c1-25-19(24)18-17(22)12(10-21)11-23(18)15-4-2-3-5-16(15)26-14-8-6-13(20)7-9-14/h2-9,11H,22H2,1H3. The smallest absolute Gasteiger partial charge is 0.357 e. The van der Waals surface area contributed by atoms with Gasteiger partial charge < -0.3 is 19.8 Å². The number of ether oxygens (including phenoxy) is 2. The first-order valence-corrected chi connectivity index (χ1v) is 7.57. The van der Waals surface area contributed by atoms with E-state index in [0.717, 1.165) is 0 Å². The Kier molecular flexibility index (Phi) is 4.58. The molecule has 6 nitrogen and oxygen atoms in total. The summed E-state index contributed by atoms with van der Waals surface area (Å²) in [7, 11) is 1.23. The third-order valence-corrected chi connectivity index (χ3v) is 3.71. The number of anilines is 1. The van der Waals surface area contributed by atoms with Crippen molar-refractivity contribution in [2.24, 2.45) is 0 Å². The SMILES string of the molecule is COC(=O)c1c(N)c(C#N)cn1-c1ccccc1Oc1ccc(F)cc1. The predicted molar refractivity (Wildman–Crippen MR) is 92.7 cm³/mol. The van der Waals surface area contributed by atoms with Crippen molar-refractivity contribution in [3.63, 3.8) is 0 Å². The number of esters is 1. The van der Waals surface area contributed by atoms with E-state index in [9.17, 15) is 14.4 Å². The van der Waals surface area contributed by atoms with Crippen LogP contribution in [-0.2, 0) is 4.74 Å². The Morgan fingerprint density at radius 3 is 2.54 bits per heavy atom. The molecule has 2 aromatic carbocycles. The molecule has 0 radical (unpaired) electrons. The van der Waals surface area contributed by atoms with Crippen LogP contribution in [0.15, 0.2) is 54.7 Å². The molecule has 0 amide bonds. The zero-order valence-electron chi connectivity index (χ0n) is 13.8. The molecule has 3 rings (SSSR count). The second kappa shape index (κ2) is 6.99. The van der Waals surface area contributed by atoms with Crippen LogP contribution in [0, 0.1) is 17.1 Å².